The Morgan fingerprint density at radius 3 is 2.28 bits per heavy atom. The van der Waals surface area contributed by atoms with E-state index in [2.05, 4.69) is 9.88 Å². The van der Waals surface area contributed by atoms with Crippen LogP contribution in [0, 0.1) is 5.41 Å². The van der Waals surface area contributed by atoms with E-state index >= 15 is 0 Å². The molecule has 29 heavy (non-hydrogen) atoms. The fourth-order valence-electron chi connectivity index (χ4n) is 5.92. The van der Waals surface area contributed by atoms with Crippen molar-refractivity contribution in [1.82, 2.24) is 14.8 Å². The minimum absolute atomic E-state index is 0.0762. The van der Waals surface area contributed by atoms with Gasteiger partial charge in [-0.1, -0.05) is 30.3 Å². The molecule has 4 heterocycles. The van der Waals surface area contributed by atoms with Gasteiger partial charge in [0.2, 0.25) is 5.91 Å². The molecule has 3 unspecified atom stereocenters. The lowest BCUT2D eigenvalue weighted by atomic mass is 9.71. The van der Waals surface area contributed by atoms with E-state index in [9.17, 15) is 9.90 Å². The van der Waals surface area contributed by atoms with E-state index in [1.807, 2.05) is 61.2 Å². The van der Waals surface area contributed by atoms with Crippen LogP contribution in [0.1, 0.15) is 56.7 Å². The predicted molar refractivity (Wildman–Crippen MR) is 111 cm³/mol. The predicted octanol–water partition coefficient (Wildman–Crippen LogP) is 3.46. The third-order valence-electron chi connectivity index (χ3n) is 7.37. The number of benzene rings is 1. The quantitative estimate of drug-likeness (QED) is 0.811. The molecular weight excluding hydrogens is 362 g/mol. The molecule has 3 fully saturated rings. The smallest absolute Gasteiger partial charge is 0.232 e. The maximum absolute atomic E-state index is 13.0. The van der Waals surface area contributed by atoms with Gasteiger partial charge in [0, 0.05) is 24.5 Å². The van der Waals surface area contributed by atoms with Crippen molar-refractivity contribution in [3.05, 3.63) is 66.0 Å². The largest absolute Gasteiger partial charge is 0.385 e. The number of rotatable bonds is 4. The summed E-state index contributed by atoms with van der Waals surface area (Å²) in [7, 11) is 0. The molecule has 0 spiro atoms. The van der Waals surface area contributed by atoms with Gasteiger partial charge in [-0.25, -0.2) is 0 Å². The SMILES string of the molecule is CC1(C)C(=O)N(CN2C3CCC2CC(O)(c2ccccc2)C3)C1c1ccncc1. The van der Waals surface area contributed by atoms with E-state index in [1.54, 1.807) is 12.4 Å². The van der Waals surface area contributed by atoms with Gasteiger partial charge in [-0.2, -0.15) is 0 Å². The highest BCUT2D eigenvalue weighted by molar-refractivity contribution is 5.89. The Morgan fingerprint density at radius 2 is 1.66 bits per heavy atom. The van der Waals surface area contributed by atoms with Crippen LogP contribution < -0.4 is 0 Å². The Hall–Kier alpha value is -2.24. The van der Waals surface area contributed by atoms with Crippen LogP contribution in [0.25, 0.3) is 0 Å². The van der Waals surface area contributed by atoms with Crippen molar-refractivity contribution in [3.8, 4) is 0 Å². The highest BCUT2D eigenvalue weighted by Crippen LogP contribution is 2.51. The Balaban J connectivity index is 1.36. The van der Waals surface area contributed by atoms with Gasteiger partial charge in [-0.05, 0) is 62.8 Å². The van der Waals surface area contributed by atoms with Crippen LogP contribution in [0.3, 0.4) is 0 Å². The minimum atomic E-state index is -0.758. The Bertz CT molecular complexity index is 885. The van der Waals surface area contributed by atoms with E-state index in [-0.39, 0.29) is 17.4 Å². The highest BCUT2D eigenvalue weighted by atomic mass is 16.3. The number of aromatic nitrogens is 1. The molecule has 0 radical (unpaired) electrons. The zero-order chi connectivity index (χ0) is 20.2. The molecule has 5 nitrogen and oxygen atoms in total. The van der Waals surface area contributed by atoms with Gasteiger partial charge >= 0.3 is 0 Å². The number of fused-ring (bicyclic) bond motifs is 2. The average Bonchev–Trinajstić information content (AvgIpc) is 2.98. The molecule has 0 aliphatic carbocycles. The number of carbonyl (C=O) groups excluding carboxylic acids is 1. The zero-order valence-corrected chi connectivity index (χ0v) is 17.2. The number of hydrogen-bond donors (Lipinski definition) is 1. The van der Waals surface area contributed by atoms with Crippen LogP contribution in [0.15, 0.2) is 54.9 Å². The number of hydrogen-bond acceptors (Lipinski definition) is 4. The molecule has 1 aromatic carbocycles. The van der Waals surface area contributed by atoms with Crippen LogP contribution in [0.4, 0.5) is 0 Å². The van der Waals surface area contributed by atoms with E-state index < -0.39 is 5.60 Å². The van der Waals surface area contributed by atoms with E-state index in [4.69, 9.17) is 0 Å². The van der Waals surface area contributed by atoms with Crippen LogP contribution in [-0.4, -0.2) is 44.5 Å². The Kier molecular flexibility index (Phi) is 4.30. The molecule has 1 aromatic heterocycles. The fourth-order valence-corrected chi connectivity index (χ4v) is 5.92. The lowest BCUT2D eigenvalue weighted by Crippen LogP contribution is -2.65. The van der Waals surface area contributed by atoms with Crippen LogP contribution in [0.5, 0.6) is 0 Å². The Labute approximate surface area is 172 Å². The molecule has 2 bridgehead atoms. The molecule has 3 saturated heterocycles. The summed E-state index contributed by atoms with van der Waals surface area (Å²) in [4.78, 5) is 21.6. The summed E-state index contributed by atoms with van der Waals surface area (Å²) in [6, 6.07) is 14.8. The molecule has 3 aliphatic heterocycles. The van der Waals surface area contributed by atoms with Gasteiger partial charge in [0.1, 0.15) is 0 Å². The molecule has 5 rings (SSSR count). The number of aliphatic hydroxyl groups is 1. The number of pyridine rings is 1. The molecule has 152 valence electrons. The second-order valence-electron chi connectivity index (χ2n) is 9.53. The van der Waals surface area contributed by atoms with E-state index in [1.165, 1.54) is 0 Å². The summed E-state index contributed by atoms with van der Waals surface area (Å²) in [6.07, 6.45) is 7.25. The third kappa shape index (κ3) is 2.90. The summed E-state index contributed by atoms with van der Waals surface area (Å²) in [5.74, 6) is 0.211. The standard InChI is InChI=1S/C24H29N3O2/c1-23(2)21(17-10-12-25-13-11-17)27(22(23)28)16-26-19-8-9-20(26)15-24(29,14-19)18-6-4-3-5-7-18/h3-7,10-13,19-21,29H,8-9,14-16H2,1-2H3. The molecule has 0 saturated carbocycles. The minimum Gasteiger partial charge on any atom is -0.385 e. The number of amides is 1. The number of carbonyl (C=O) groups is 1. The maximum atomic E-state index is 13.0. The van der Waals surface area contributed by atoms with Crippen molar-refractivity contribution in [1.29, 1.82) is 0 Å². The first kappa shape index (κ1) is 18.8. The summed E-state index contributed by atoms with van der Waals surface area (Å²) < 4.78 is 0. The number of nitrogens with zero attached hydrogens (tertiary/aromatic N) is 3. The van der Waals surface area contributed by atoms with Crippen molar-refractivity contribution in [2.24, 2.45) is 5.41 Å². The van der Waals surface area contributed by atoms with Gasteiger partial charge in [0.05, 0.1) is 23.7 Å². The first-order chi connectivity index (χ1) is 13.9. The van der Waals surface area contributed by atoms with Crippen molar-refractivity contribution in [2.75, 3.05) is 6.67 Å². The first-order valence-electron chi connectivity index (χ1n) is 10.6. The molecule has 1 amide bonds. The molecule has 3 atom stereocenters. The first-order valence-corrected chi connectivity index (χ1v) is 10.6. The second kappa shape index (κ2) is 6.64. The van der Waals surface area contributed by atoms with E-state index in [0.29, 0.717) is 18.8 Å². The topological polar surface area (TPSA) is 56.7 Å². The highest BCUT2D eigenvalue weighted by Gasteiger charge is 2.57. The molecule has 2 aromatic rings. The van der Waals surface area contributed by atoms with Crippen molar-refractivity contribution in [2.45, 2.75) is 63.3 Å². The van der Waals surface area contributed by atoms with Crippen molar-refractivity contribution < 1.29 is 9.90 Å². The van der Waals surface area contributed by atoms with Gasteiger partial charge in [-0.15, -0.1) is 0 Å². The number of likely N-dealkylation sites (tertiary alicyclic amines) is 1. The molecule has 5 heteroatoms. The number of β-lactam (4-membered cyclic amide) rings is 1. The normalized spacial score (nSPS) is 33.6. The van der Waals surface area contributed by atoms with Gasteiger partial charge in [-0.3, -0.25) is 14.7 Å². The maximum Gasteiger partial charge on any atom is 0.232 e. The van der Waals surface area contributed by atoms with Gasteiger partial charge in [0.25, 0.3) is 0 Å². The van der Waals surface area contributed by atoms with Crippen molar-refractivity contribution in [3.63, 3.8) is 0 Å². The monoisotopic (exact) mass is 391 g/mol. The van der Waals surface area contributed by atoms with E-state index in [0.717, 1.165) is 36.8 Å². The molecule has 3 aliphatic rings. The van der Waals surface area contributed by atoms with Crippen LogP contribution >= 0.6 is 0 Å². The van der Waals surface area contributed by atoms with Gasteiger partial charge in [0.15, 0.2) is 0 Å². The van der Waals surface area contributed by atoms with Crippen LogP contribution in [0.2, 0.25) is 0 Å². The van der Waals surface area contributed by atoms with Gasteiger partial charge < -0.3 is 10.0 Å². The average molecular weight is 392 g/mol. The molecule has 1 N–H and O–H groups in total. The Morgan fingerprint density at radius 1 is 1.03 bits per heavy atom. The number of piperidine rings is 1. The summed E-state index contributed by atoms with van der Waals surface area (Å²) in [6.45, 7) is 4.72. The lowest BCUT2D eigenvalue weighted by molar-refractivity contribution is -0.178. The summed E-state index contributed by atoms with van der Waals surface area (Å²) in [5, 5.41) is 11.4. The molecular formula is C24H29N3O2. The van der Waals surface area contributed by atoms with Crippen molar-refractivity contribution >= 4 is 5.91 Å². The summed E-state index contributed by atoms with van der Waals surface area (Å²) in [5.41, 5.74) is 1.02. The lowest BCUT2D eigenvalue weighted by Gasteiger charge is -2.56. The zero-order valence-electron chi connectivity index (χ0n) is 17.2. The van der Waals surface area contributed by atoms with Crippen LogP contribution in [-0.2, 0) is 10.4 Å². The third-order valence-corrected chi connectivity index (χ3v) is 7.37. The fraction of sp³-hybridized carbons (Fsp3) is 0.500. The second-order valence-corrected chi connectivity index (χ2v) is 9.53. The summed E-state index contributed by atoms with van der Waals surface area (Å²) >= 11 is 0.